The Morgan fingerprint density at radius 1 is 0.508 bits per heavy atom. The van der Waals surface area contributed by atoms with Crippen molar-refractivity contribution in [3.8, 4) is 11.1 Å². The molecule has 61 heavy (non-hydrogen) atoms. The number of benzene rings is 8. The highest BCUT2D eigenvalue weighted by Gasteiger charge is 2.34. The predicted molar refractivity (Wildman–Crippen MR) is 263 cm³/mol. The van der Waals surface area contributed by atoms with Gasteiger partial charge in [-0.2, -0.15) is 0 Å². The predicted octanol–water partition coefficient (Wildman–Crippen LogP) is 14.5. The van der Waals surface area contributed by atoms with Crippen molar-refractivity contribution in [3.05, 3.63) is 232 Å². The highest BCUT2D eigenvalue weighted by Crippen LogP contribution is 2.47. The minimum absolute atomic E-state index is 0.242. The third-order valence-electron chi connectivity index (χ3n) is 14.1. The van der Waals surface area contributed by atoms with Crippen molar-refractivity contribution in [3.63, 3.8) is 0 Å². The number of hydrogen-bond acceptors (Lipinski definition) is 1. The molecule has 0 aliphatic heterocycles. The molecule has 4 aliphatic carbocycles. The van der Waals surface area contributed by atoms with Crippen LogP contribution in [0.3, 0.4) is 0 Å². The average molecular weight is 795 g/mol. The number of allylic oxidation sites excluding steroid dienone is 9. The number of aryl methyl sites for hydroxylation is 1. The van der Waals surface area contributed by atoms with Gasteiger partial charge in [-0.05, 0) is 124 Å². The van der Waals surface area contributed by atoms with Gasteiger partial charge in [0.1, 0.15) is 0 Å². The second-order valence-corrected chi connectivity index (χ2v) is 18.3. The Bertz CT molecular complexity index is 3620. The van der Waals surface area contributed by atoms with Crippen molar-refractivity contribution >= 4 is 81.0 Å². The van der Waals surface area contributed by atoms with E-state index in [9.17, 15) is 0 Å². The molecule has 8 aromatic carbocycles. The maximum absolute atomic E-state index is 2.51. The van der Waals surface area contributed by atoms with Crippen LogP contribution in [0.1, 0.15) is 41.0 Å². The molecule has 3 unspecified atom stereocenters. The van der Waals surface area contributed by atoms with E-state index >= 15 is 0 Å². The maximum atomic E-state index is 2.51. The summed E-state index contributed by atoms with van der Waals surface area (Å²) in [5.74, 6) is 0.821. The van der Waals surface area contributed by atoms with E-state index < -0.39 is 0 Å². The van der Waals surface area contributed by atoms with Crippen LogP contribution in [0.25, 0.3) is 80.8 Å². The Hall–Kier alpha value is -6.80. The lowest BCUT2D eigenvalue weighted by atomic mass is 9.68. The van der Waals surface area contributed by atoms with E-state index in [1.807, 2.05) is 11.3 Å². The summed E-state index contributed by atoms with van der Waals surface area (Å²) in [4.78, 5) is 0. The summed E-state index contributed by atoms with van der Waals surface area (Å²) in [7, 11) is 0. The fraction of sp³-hybridized carbons (Fsp3) is 0.100. The van der Waals surface area contributed by atoms with Gasteiger partial charge in [-0.3, -0.25) is 0 Å². The van der Waals surface area contributed by atoms with Gasteiger partial charge < -0.3 is 0 Å². The monoisotopic (exact) mass is 794 g/mol. The molecule has 13 rings (SSSR count). The first-order valence-corrected chi connectivity index (χ1v) is 22.7. The lowest BCUT2D eigenvalue weighted by Gasteiger charge is -2.35. The molecule has 1 heterocycles. The van der Waals surface area contributed by atoms with Crippen molar-refractivity contribution in [1.29, 1.82) is 0 Å². The largest absolute Gasteiger partial charge is 0.135 e. The Labute approximate surface area is 359 Å². The minimum atomic E-state index is 0.242. The van der Waals surface area contributed by atoms with Gasteiger partial charge >= 0.3 is 0 Å². The standard InChI is InChI=1S/C60H42S/c1-2-19-44-42(17-1)43-18-3-5-22-47(43)59-48-23-6-4-20-45(48)54(36-55(44)59)37-31-33-38(34-32-37)57-49-24-7-9-26-51(49)58(52-27-10-8-25-50(52)57)40-16-13-15-39(35-40)41-28-14-29-53-46-21-11-12-30-56(46)61-60(41)53/h1,3-18,20-34,36,39,49,51H,2,19,35H2. The number of hydrogen-bond donors (Lipinski definition) is 0. The fourth-order valence-electron chi connectivity index (χ4n) is 11.5. The van der Waals surface area contributed by atoms with Crippen LogP contribution in [0.2, 0.25) is 0 Å². The normalized spacial score (nSPS) is 19.2. The van der Waals surface area contributed by atoms with Crippen LogP contribution in [0.4, 0.5) is 0 Å². The van der Waals surface area contributed by atoms with Crippen molar-refractivity contribution < 1.29 is 0 Å². The maximum Gasteiger partial charge on any atom is 0.0393 e. The molecule has 1 heteroatoms. The molecule has 3 atom stereocenters. The first-order chi connectivity index (χ1) is 30.3. The molecular weight excluding hydrogens is 753 g/mol. The minimum Gasteiger partial charge on any atom is -0.135 e. The fourth-order valence-corrected chi connectivity index (χ4v) is 12.7. The zero-order valence-electron chi connectivity index (χ0n) is 33.8. The smallest absolute Gasteiger partial charge is 0.0393 e. The summed E-state index contributed by atoms with van der Waals surface area (Å²) in [6.07, 6.45) is 24.5. The number of thiophene rings is 1. The molecule has 0 radical (unpaired) electrons. The van der Waals surface area contributed by atoms with Crippen molar-refractivity contribution in [2.45, 2.75) is 25.2 Å². The lowest BCUT2D eigenvalue weighted by Crippen LogP contribution is -2.40. The third-order valence-corrected chi connectivity index (χ3v) is 15.3. The van der Waals surface area contributed by atoms with Gasteiger partial charge in [0.25, 0.3) is 0 Å². The van der Waals surface area contributed by atoms with Crippen LogP contribution >= 0.6 is 11.3 Å². The van der Waals surface area contributed by atoms with Gasteiger partial charge in [0, 0.05) is 37.9 Å². The first-order valence-electron chi connectivity index (χ1n) is 21.9. The second-order valence-electron chi connectivity index (χ2n) is 17.3. The highest BCUT2D eigenvalue weighted by molar-refractivity contribution is 7.26. The van der Waals surface area contributed by atoms with Crippen LogP contribution in [0, 0.1) is 11.8 Å². The summed E-state index contributed by atoms with van der Waals surface area (Å²) in [6, 6.07) is 55.2. The molecule has 0 amide bonds. The van der Waals surface area contributed by atoms with Crippen LogP contribution in [-0.2, 0) is 6.42 Å². The molecule has 0 saturated carbocycles. The molecule has 0 nitrogen and oxygen atoms in total. The van der Waals surface area contributed by atoms with Crippen molar-refractivity contribution in [1.82, 2.24) is 0 Å². The van der Waals surface area contributed by atoms with Crippen LogP contribution in [0.15, 0.2) is 200 Å². The summed E-state index contributed by atoms with van der Waals surface area (Å²) >= 11 is 1.94. The van der Waals surface area contributed by atoms with Gasteiger partial charge in [0.15, 0.2) is 0 Å². The molecule has 0 fully saturated rings. The van der Waals surface area contributed by atoms with Gasteiger partial charge in [0.2, 0.25) is 0 Å². The lowest BCUT2D eigenvalue weighted by molar-refractivity contribution is 0.675. The zero-order chi connectivity index (χ0) is 40.0. The van der Waals surface area contributed by atoms with Crippen molar-refractivity contribution in [2.24, 2.45) is 11.8 Å². The average Bonchev–Trinajstić information content (AvgIpc) is 3.72. The molecule has 1 aromatic heterocycles. The van der Waals surface area contributed by atoms with E-state index in [0.717, 1.165) is 19.3 Å². The molecule has 288 valence electrons. The molecule has 4 aliphatic rings. The highest BCUT2D eigenvalue weighted by atomic mass is 32.1. The van der Waals surface area contributed by atoms with E-state index in [1.54, 1.807) is 0 Å². The summed E-state index contributed by atoms with van der Waals surface area (Å²) in [6.45, 7) is 0. The van der Waals surface area contributed by atoms with Crippen molar-refractivity contribution in [2.75, 3.05) is 0 Å². The SMILES string of the molecule is C1=CC(c2cccc3c2sc2ccccc23)CC(C2=c3ccccc3=C(c3ccc(-c4cc5c6c(c7ccccc7c5c5ccccc45)C=CCC6)cc3)C3C=CC=CC23)=C1. The molecule has 0 spiro atoms. The van der Waals surface area contributed by atoms with E-state index in [0.29, 0.717) is 5.92 Å². The van der Waals surface area contributed by atoms with Gasteiger partial charge in [-0.15, -0.1) is 11.3 Å². The molecule has 0 bridgehead atoms. The topological polar surface area (TPSA) is 0 Å². The second kappa shape index (κ2) is 13.9. The first kappa shape index (κ1) is 35.0. The molecule has 9 aromatic rings. The van der Waals surface area contributed by atoms with Gasteiger partial charge in [-0.1, -0.05) is 188 Å². The Balaban J connectivity index is 0.950. The zero-order valence-corrected chi connectivity index (χ0v) is 34.6. The Morgan fingerprint density at radius 2 is 1.16 bits per heavy atom. The Kier molecular flexibility index (Phi) is 7.96. The summed E-state index contributed by atoms with van der Waals surface area (Å²) < 4.78 is 2.79. The van der Waals surface area contributed by atoms with E-state index in [4.69, 9.17) is 0 Å². The molecule has 0 saturated heterocycles. The van der Waals surface area contributed by atoms with E-state index in [2.05, 4.69) is 200 Å². The molecule has 0 N–H and O–H groups in total. The Morgan fingerprint density at radius 3 is 1.98 bits per heavy atom. The quantitative estimate of drug-likeness (QED) is 0.156. The number of rotatable bonds is 4. The van der Waals surface area contributed by atoms with Crippen LogP contribution < -0.4 is 10.4 Å². The van der Waals surface area contributed by atoms with E-state index in [1.165, 1.54) is 113 Å². The third kappa shape index (κ3) is 5.37. The molecular formula is C60H42S. The van der Waals surface area contributed by atoms with Crippen LogP contribution in [-0.4, -0.2) is 0 Å². The van der Waals surface area contributed by atoms with Gasteiger partial charge in [0.05, 0.1) is 0 Å². The summed E-state index contributed by atoms with van der Waals surface area (Å²) in [5, 5.41) is 13.6. The van der Waals surface area contributed by atoms with Crippen LogP contribution in [0.5, 0.6) is 0 Å². The van der Waals surface area contributed by atoms with E-state index in [-0.39, 0.29) is 11.8 Å². The number of fused-ring (bicyclic) bond motifs is 13. The van der Waals surface area contributed by atoms with Gasteiger partial charge in [-0.25, -0.2) is 0 Å². The summed E-state index contributed by atoms with van der Waals surface area (Å²) in [5.41, 5.74) is 12.5.